The predicted octanol–water partition coefficient (Wildman–Crippen LogP) is 9.73. The van der Waals surface area contributed by atoms with Crippen molar-refractivity contribution in [2.75, 3.05) is 0 Å². The fraction of sp³-hybridized carbons (Fsp3) is 0.0238. The largest absolute Gasteiger partial charge is 0.324 e. The van der Waals surface area contributed by atoms with E-state index in [1.54, 1.807) is 0 Å². The molecule has 6 aromatic carbocycles. The van der Waals surface area contributed by atoms with Gasteiger partial charge in [0.1, 0.15) is 11.7 Å². The average Bonchev–Trinajstić information content (AvgIpc) is 3.15. The van der Waals surface area contributed by atoms with E-state index in [4.69, 9.17) is 9.98 Å². The standard InChI is InChI=1S/C42H30N4/c1-3-9-33(10-4-1)40-44-41(34-11-5-2-6-12-34)46-42(45-40)35-23-21-32(22-24-35)37-14-8-15-38-36(13-7-16-39(37)38)31-19-17-29(18-20-31)30-25-27-43-28-26-30/h1-28,42H,(H,44,45,46). The number of hydrogen-bond donors (Lipinski definition) is 1. The molecule has 0 spiro atoms. The van der Waals surface area contributed by atoms with Crippen LogP contribution >= 0.6 is 0 Å². The topological polar surface area (TPSA) is 49.6 Å². The lowest BCUT2D eigenvalue weighted by Gasteiger charge is -2.22. The van der Waals surface area contributed by atoms with Crippen molar-refractivity contribution >= 4 is 22.4 Å². The zero-order valence-electron chi connectivity index (χ0n) is 25.1. The second-order valence-electron chi connectivity index (χ2n) is 11.3. The molecule has 1 aliphatic heterocycles. The third-order valence-corrected chi connectivity index (χ3v) is 8.49. The van der Waals surface area contributed by atoms with Gasteiger partial charge in [-0.2, -0.15) is 0 Å². The monoisotopic (exact) mass is 590 g/mol. The summed E-state index contributed by atoms with van der Waals surface area (Å²) in [5, 5.41) is 5.92. The Morgan fingerprint density at radius 2 is 0.826 bits per heavy atom. The van der Waals surface area contributed by atoms with Crippen LogP contribution in [0.3, 0.4) is 0 Å². The number of aromatic nitrogens is 1. The van der Waals surface area contributed by atoms with Crippen molar-refractivity contribution in [1.82, 2.24) is 10.3 Å². The molecule has 218 valence electrons. The zero-order valence-corrected chi connectivity index (χ0v) is 25.1. The van der Waals surface area contributed by atoms with Crippen LogP contribution in [0.25, 0.3) is 44.2 Å². The Morgan fingerprint density at radius 3 is 1.35 bits per heavy atom. The number of aliphatic imine (C=N–C) groups is 2. The quantitative estimate of drug-likeness (QED) is 0.210. The van der Waals surface area contributed by atoms with E-state index >= 15 is 0 Å². The first-order valence-corrected chi connectivity index (χ1v) is 15.5. The Kier molecular flexibility index (Phi) is 7.21. The van der Waals surface area contributed by atoms with Gasteiger partial charge in [-0.15, -0.1) is 0 Å². The minimum Gasteiger partial charge on any atom is -0.324 e. The van der Waals surface area contributed by atoms with Gasteiger partial charge in [0.05, 0.1) is 0 Å². The highest BCUT2D eigenvalue weighted by atomic mass is 15.2. The van der Waals surface area contributed by atoms with Crippen LogP contribution in [0.4, 0.5) is 0 Å². The van der Waals surface area contributed by atoms with Crippen molar-refractivity contribution in [3.8, 4) is 33.4 Å². The summed E-state index contributed by atoms with van der Waals surface area (Å²) in [6.45, 7) is 0. The second kappa shape index (κ2) is 12.1. The van der Waals surface area contributed by atoms with Crippen LogP contribution in [0.15, 0.2) is 180 Å². The third kappa shape index (κ3) is 5.37. The summed E-state index contributed by atoms with van der Waals surface area (Å²) in [5.74, 6) is 1.64. The average molecular weight is 591 g/mol. The lowest BCUT2D eigenvalue weighted by atomic mass is 9.92. The van der Waals surface area contributed by atoms with Gasteiger partial charge >= 0.3 is 0 Å². The van der Waals surface area contributed by atoms with Gasteiger partial charge in [0.25, 0.3) is 0 Å². The molecule has 0 bridgehead atoms. The number of pyridine rings is 1. The Balaban J connectivity index is 1.13. The number of hydrogen-bond acceptors (Lipinski definition) is 4. The van der Waals surface area contributed by atoms with Crippen molar-refractivity contribution in [3.05, 3.63) is 187 Å². The highest BCUT2D eigenvalue weighted by molar-refractivity contribution is 6.15. The molecule has 2 heterocycles. The first kappa shape index (κ1) is 27.4. The van der Waals surface area contributed by atoms with Crippen LogP contribution in [0, 0.1) is 0 Å². The van der Waals surface area contributed by atoms with E-state index in [9.17, 15) is 0 Å². The summed E-state index contributed by atoms with van der Waals surface area (Å²) >= 11 is 0. The molecule has 4 nitrogen and oxygen atoms in total. The summed E-state index contributed by atoms with van der Waals surface area (Å²) < 4.78 is 0. The molecular weight excluding hydrogens is 560 g/mol. The molecule has 46 heavy (non-hydrogen) atoms. The van der Waals surface area contributed by atoms with Gasteiger partial charge in [-0.05, 0) is 61.8 Å². The summed E-state index contributed by atoms with van der Waals surface area (Å²) in [5.41, 5.74) is 10.2. The van der Waals surface area contributed by atoms with Gasteiger partial charge < -0.3 is 5.32 Å². The van der Waals surface area contributed by atoms with E-state index in [1.807, 2.05) is 60.9 Å². The number of fused-ring (bicyclic) bond motifs is 1. The third-order valence-electron chi connectivity index (χ3n) is 8.49. The molecule has 0 radical (unpaired) electrons. The Bertz CT molecular complexity index is 2130. The maximum atomic E-state index is 5.04. The van der Waals surface area contributed by atoms with Gasteiger partial charge in [-0.25, -0.2) is 9.98 Å². The fourth-order valence-electron chi connectivity index (χ4n) is 6.12. The van der Waals surface area contributed by atoms with E-state index in [-0.39, 0.29) is 6.17 Å². The molecular formula is C42H30N4. The maximum absolute atomic E-state index is 5.04. The van der Waals surface area contributed by atoms with Crippen molar-refractivity contribution in [3.63, 3.8) is 0 Å². The van der Waals surface area contributed by atoms with E-state index in [1.165, 1.54) is 38.6 Å². The summed E-state index contributed by atoms with van der Waals surface area (Å²) in [6.07, 6.45) is 3.31. The van der Waals surface area contributed by atoms with E-state index in [0.717, 1.165) is 33.9 Å². The second-order valence-corrected chi connectivity index (χ2v) is 11.3. The SMILES string of the molecule is c1ccc(C2=NC(c3ccc(-c4cccc5c(-c6ccc(-c7ccncc7)cc6)cccc45)cc3)N=C(c3ccccc3)N2)cc1. The van der Waals surface area contributed by atoms with Crippen LogP contribution in [0.2, 0.25) is 0 Å². The highest BCUT2D eigenvalue weighted by Crippen LogP contribution is 2.36. The van der Waals surface area contributed by atoms with Crippen LogP contribution in [0.5, 0.6) is 0 Å². The molecule has 0 atom stereocenters. The molecule has 0 fully saturated rings. The van der Waals surface area contributed by atoms with E-state index < -0.39 is 0 Å². The Morgan fingerprint density at radius 1 is 0.370 bits per heavy atom. The van der Waals surface area contributed by atoms with Gasteiger partial charge in [-0.3, -0.25) is 4.98 Å². The molecule has 0 saturated carbocycles. The molecule has 1 N–H and O–H groups in total. The molecule has 8 rings (SSSR count). The van der Waals surface area contributed by atoms with Crippen molar-refractivity contribution < 1.29 is 0 Å². The number of amidine groups is 2. The molecule has 0 saturated heterocycles. The number of nitrogens with one attached hydrogen (secondary N) is 1. The van der Waals surface area contributed by atoms with E-state index in [2.05, 4.69) is 119 Å². The van der Waals surface area contributed by atoms with Gasteiger partial charge in [0, 0.05) is 23.5 Å². The van der Waals surface area contributed by atoms with Crippen molar-refractivity contribution in [2.24, 2.45) is 9.98 Å². The lowest BCUT2D eigenvalue weighted by Crippen LogP contribution is -2.35. The molecule has 1 aromatic heterocycles. The highest BCUT2D eigenvalue weighted by Gasteiger charge is 2.20. The van der Waals surface area contributed by atoms with Crippen LogP contribution < -0.4 is 5.32 Å². The number of rotatable bonds is 6. The van der Waals surface area contributed by atoms with Gasteiger partial charge in [-0.1, -0.05) is 146 Å². The lowest BCUT2D eigenvalue weighted by molar-refractivity contribution is 0.756. The van der Waals surface area contributed by atoms with Crippen LogP contribution in [-0.4, -0.2) is 16.7 Å². The molecule has 0 amide bonds. The zero-order chi connectivity index (χ0) is 30.7. The summed E-state index contributed by atoms with van der Waals surface area (Å²) in [6, 6.07) is 55.2. The normalized spacial score (nSPS) is 13.1. The minimum atomic E-state index is -0.352. The maximum Gasteiger partial charge on any atom is 0.169 e. The fourth-order valence-corrected chi connectivity index (χ4v) is 6.12. The summed E-state index contributed by atoms with van der Waals surface area (Å²) in [7, 11) is 0. The number of nitrogens with zero attached hydrogens (tertiary/aromatic N) is 3. The Hall–Kier alpha value is -6.13. The van der Waals surface area contributed by atoms with Crippen molar-refractivity contribution in [2.45, 2.75) is 6.17 Å². The van der Waals surface area contributed by atoms with Crippen LogP contribution in [0.1, 0.15) is 22.9 Å². The van der Waals surface area contributed by atoms with Crippen molar-refractivity contribution in [1.29, 1.82) is 0 Å². The van der Waals surface area contributed by atoms with E-state index in [0.29, 0.717) is 0 Å². The van der Waals surface area contributed by atoms with Gasteiger partial charge in [0.2, 0.25) is 0 Å². The molecule has 4 heteroatoms. The van der Waals surface area contributed by atoms with Gasteiger partial charge in [0.15, 0.2) is 6.17 Å². The molecule has 1 aliphatic rings. The smallest absolute Gasteiger partial charge is 0.169 e. The molecule has 0 aliphatic carbocycles. The molecule has 7 aromatic rings. The minimum absolute atomic E-state index is 0.352. The first-order valence-electron chi connectivity index (χ1n) is 15.5. The molecule has 0 unspecified atom stereocenters. The van der Waals surface area contributed by atoms with Crippen LogP contribution in [-0.2, 0) is 0 Å². The Labute approximate surface area is 268 Å². The first-order chi connectivity index (χ1) is 22.8. The predicted molar refractivity (Wildman–Crippen MR) is 190 cm³/mol. The summed E-state index contributed by atoms with van der Waals surface area (Å²) in [4.78, 5) is 14.2. The number of benzene rings is 6.